The molecule has 0 spiro atoms. The first-order valence-electron chi connectivity index (χ1n) is 6.40. The average molecular weight is 235 g/mol. The van der Waals surface area contributed by atoms with Gasteiger partial charge in [-0.05, 0) is 32.9 Å². The summed E-state index contributed by atoms with van der Waals surface area (Å²) < 4.78 is 0. The minimum Gasteiger partial charge on any atom is -0.370 e. The molecule has 5 nitrogen and oxygen atoms in total. The summed E-state index contributed by atoms with van der Waals surface area (Å²) in [5.41, 5.74) is 0. The maximum Gasteiger partial charge on any atom is 0.131 e. The van der Waals surface area contributed by atoms with Crippen LogP contribution in [-0.2, 0) is 0 Å². The van der Waals surface area contributed by atoms with Gasteiger partial charge in [0.1, 0.15) is 18.0 Å². The number of hydrogen-bond donors (Lipinski definition) is 2. The number of aromatic nitrogens is 2. The first-order valence-corrected chi connectivity index (χ1v) is 6.40. The topological polar surface area (TPSA) is 53.1 Å². The minimum atomic E-state index is 0.879. The number of hydrogen-bond acceptors (Lipinski definition) is 5. The van der Waals surface area contributed by atoms with E-state index in [0.717, 1.165) is 31.3 Å². The van der Waals surface area contributed by atoms with Gasteiger partial charge in [-0.2, -0.15) is 0 Å². The predicted octanol–water partition coefficient (Wildman–Crippen LogP) is 1.42. The molecule has 94 valence electrons. The highest BCUT2D eigenvalue weighted by molar-refractivity contribution is 5.46. The molecule has 1 fully saturated rings. The SMILES string of the molecule is CCNc1cc(NCCN2CCCC2)ncn1. The van der Waals surface area contributed by atoms with Gasteiger partial charge in [-0.3, -0.25) is 0 Å². The molecule has 0 aromatic carbocycles. The van der Waals surface area contributed by atoms with Gasteiger partial charge in [0.2, 0.25) is 0 Å². The molecule has 1 aliphatic rings. The van der Waals surface area contributed by atoms with Crippen LogP contribution in [-0.4, -0.2) is 47.6 Å². The van der Waals surface area contributed by atoms with Crippen molar-refractivity contribution in [3.05, 3.63) is 12.4 Å². The van der Waals surface area contributed by atoms with Crippen LogP contribution in [0.1, 0.15) is 19.8 Å². The van der Waals surface area contributed by atoms with Gasteiger partial charge in [0.25, 0.3) is 0 Å². The molecule has 0 unspecified atom stereocenters. The van der Waals surface area contributed by atoms with E-state index in [0.29, 0.717) is 0 Å². The second-order valence-corrected chi connectivity index (χ2v) is 4.29. The van der Waals surface area contributed by atoms with Crippen LogP contribution in [0.25, 0.3) is 0 Å². The standard InChI is InChI=1S/C12H21N5/c1-2-13-11-9-12(16-10-15-11)14-5-8-17-6-3-4-7-17/h9-10H,2-8H2,1H3,(H2,13,14,15,16). The highest BCUT2D eigenvalue weighted by Gasteiger charge is 2.10. The summed E-state index contributed by atoms with van der Waals surface area (Å²) in [6.07, 6.45) is 4.28. The van der Waals surface area contributed by atoms with Crippen molar-refractivity contribution in [1.82, 2.24) is 14.9 Å². The van der Waals surface area contributed by atoms with Crippen LogP contribution in [0.15, 0.2) is 12.4 Å². The lowest BCUT2D eigenvalue weighted by Gasteiger charge is -2.15. The van der Waals surface area contributed by atoms with E-state index in [9.17, 15) is 0 Å². The van der Waals surface area contributed by atoms with Crippen molar-refractivity contribution in [1.29, 1.82) is 0 Å². The predicted molar refractivity (Wildman–Crippen MR) is 70.4 cm³/mol. The molecule has 0 radical (unpaired) electrons. The van der Waals surface area contributed by atoms with E-state index in [1.807, 2.05) is 6.07 Å². The molecule has 1 saturated heterocycles. The number of likely N-dealkylation sites (tertiary alicyclic amines) is 1. The Hall–Kier alpha value is -1.36. The molecule has 0 aliphatic carbocycles. The van der Waals surface area contributed by atoms with Gasteiger partial charge in [0.05, 0.1) is 0 Å². The molecule has 0 atom stereocenters. The lowest BCUT2D eigenvalue weighted by atomic mass is 10.4. The number of nitrogens with zero attached hydrogens (tertiary/aromatic N) is 3. The first kappa shape index (κ1) is 12.1. The Morgan fingerprint density at radius 1 is 1.18 bits per heavy atom. The molecule has 2 N–H and O–H groups in total. The van der Waals surface area contributed by atoms with Crippen molar-refractivity contribution in [2.24, 2.45) is 0 Å². The minimum absolute atomic E-state index is 0.879. The van der Waals surface area contributed by atoms with Gasteiger partial charge in [-0.1, -0.05) is 0 Å². The van der Waals surface area contributed by atoms with Crippen LogP contribution in [0.2, 0.25) is 0 Å². The molecule has 2 rings (SSSR count). The highest BCUT2D eigenvalue weighted by atomic mass is 15.2. The Bertz CT molecular complexity index is 335. The first-order chi connectivity index (χ1) is 8.38. The van der Waals surface area contributed by atoms with Crippen molar-refractivity contribution in [3.8, 4) is 0 Å². The van der Waals surface area contributed by atoms with Crippen molar-refractivity contribution in [3.63, 3.8) is 0 Å². The summed E-state index contributed by atoms with van der Waals surface area (Å²) in [4.78, 5) is 10.8. The molecule has 1 aromatic heterocycles. The van der Waals surface area contributed by atoms with Crippen LogP contribution in [0.4, 0.5) is 11.6 Å². The summed E-state index contributed by atoms with van der Waals surface area (Å²) in [6.45, 7) is 7.47. The summed E-state index contributed by atoms with van der Waals surface area (Å²) in [6, 6.07) is 1.95. The second kappa shape index (κ2) is 6.39. The van der Waals surface area contributed by atoms with Crippen LogP contribution >= 0.6 is 0 Å². The summed E-state index contributed by atoms with van der Waals surface area (Å²) in [5.74, 6) is 1.78. The molecule has 0 bridgehead atoms. The van der Waals surface area contributed by atoms with E-state index < -0.39 is 0 Å². The number of anilines is 2. The fourth-order valence-corrected chi connectivity index (χ4v) is 2.08. The van der Waals surface area contributed by atoms with E-state index in [-0.39, 0.29) is 0 Å². The molecule has 5 heteroatoms. The lowest BCUT2D eigenvalue weighted by Crippen LogP contribution is -2.26. The largest absolute Gasteiger partial charge is 0.370 e. The molecule has 17 heavy (non-hydrogen) atoms. The van der Waals surface area contributed by atoms with Gasteiger partial charge >= 0.3 is 0 Å². The van der Waals surface area contributed by atoms with E-state index in [4.69, 9.17) is 0 Å². The number of nitrogens with one attached hydrogen (secondary N) is 2. The van der Waals surface area contributed by atoms with E-state index in [2.05, 4.69) is 32.4 Å². The van der Waals surface area contributed by atoms with Gasteiger partial charge in [-0.25, -0.2) is 9.97 Å². The molecule has 1 aromatic rings. The number of rotatable bonds is 6. The molecule has 0 amide bonds. The Kier molecular flexibility index (Phi) is 4.55. The van der Waals surface area contributed by atoms with Gasteiger partial charge in [-0.15, -0.1) is 0 Å². The van der Waals surface area contributed by atoms with E-state index in [1.165, 1.54) is 25.9 Å². The Morgan fingerprint density at radius 2 is 1.88 bits per heavy atom. The van der Waals surface area contributed by atoms with Crippen molar-refractivity contribution >= 4 is 11.6 Å². The average Bonchev–Trinajstić information content (AvgIpc) is 2.83. The summed E-state index contributed by atoms with van der Waals surface area (Å²) >= 11 is 0. The van der Waals surface area contributed by atoms with Gasteiger partial charge in [0, 0.05) is 25.7 Å². The van der Waals surface area contributed by atoms with Crippen LogP contribution < -0.4 is 10.6 Å². The van der Waals surface area contributed by atoms with Crippen LogP contribution in [0, 0.1) is 0 Å². The third kappa shape index (κ3) is 3.85. The van der Waals surface area contributed by atoms with Gasteiger partial charge in [0.15, 0.2) is 0 Å². The van der Waals surface area contributed by atoms with Crippen molar-refractivity contribution < 1.29 is 0 Å². The lowest BCUT2D eigenvalue weighted by molar-refractivity contribution is 0.352. The van der Waals surface area contributed by atoms with Crippen molar-refractivity contribution in [2.45, 2.75) is 19.8 Å². The van der Waals surface area contributed by atoms with Crippen LogP contribution in [0.3, 0.4) is 0 Å². The second-order valence-electron chi connectivity index (χ2n) is 4.29. The molecular weight excluding hydrogens is 214 g/mol. The van der Waals surface area contributed by atoms with Gasteiger partial charge < -0.3 is 15.5 Å². The van der Waals surface area contributed by atoms with Crippen LogP contribution in [0.5, 0.6) is 0 Å². The maximum absolute atomic E-state index is 4.21. The molecule has 0 saturated carbocycles. The fourth-order valence-electron chi connectivity index (χ4n) is 2.08. The highest BCUT2D eigenvalue weighted by Crippen LogP contribution is 2.09. The molecular formula is C12H21N5. The monoisotopic (exact) mass is 235 g/mol. The maximum atomic E-state index is 4.21. The zero-order valence-electron chi connectivity index (χ0n) is 10.4. The normalized spacial score (nSPS) is 16.1. The Labute approximate surface area is 103 Å². The summed E-state index contributed by atoms with van der Waals surface area (Å²) in [7, 11) is 0. The summed E-state index contributed by atoms with van der Waals surface area (Å²) in [5, 5.41) is 6.52. The van der Waals surface area contributed by atoms with E-state index >= 15 is 0 Å². The zero-order chi connectivity index (χ0) is 11.9. The third-order valence-electron chi connectivity index (χ3n) is 2.96. The molecule has 2 heterocycles. The Morgan fingerprint density at radius 3 is 2.59 bits per heavy atom. The third-order valence-corrected chi connectivity index (χ3v) is 2.96. The van der Waals surface area contributed by atoms with E-state index in [1.54, 1.807) is 6.33 Å². The quantitative estimate of drug-likeness (QED) is 0.781. The smallest absolute Gasteiger partial charge is 0.131 e. The fraction of sp³-hybridized carbons (Fsp3) is 0.667. The zero-order valence-corrected chi connectivity index (χ0v) is 10.4. The Balaban J connectivity index is 1.75. The molecule has 1 aliphatic heterocycles. The van der Waals surface area contributed by atoms with Crippen molar-refractivity contribution in [2.75, 3.05) is 43.4 Å².